The number of hydrogen-bond acceptors (Lipinski definition) is 3. The zero-order valence-electron chi connectivity index (χ0n) is 16.2. The first kappa shape index (κ1) is 19.2. The molecule has 2 aromatic carbocycles. The fraction of sp³-hybridized carbons (Fsp3) is 0.348. The Kier molecular flexibility index (Phi) is 5.34. The number of anilines is 1. The lowest BCUT2D eigenvalue weighted by atomic mass is 9.96. The van der Waals surface area contributed by atoms with Crippen LogP contribution >= 0.6 is 0 Å². The van der Waals surface area contributed by atoms with Crippen LogP contribution < -0.4 is 5.32 Å². The van der Waals surface area contributed by atoms with Crippen LogP contribution in [0.4, 0.5) is 5.69 Å². The van der Waals surface area contributed by atoms with E-state index in [1.165, 1.54) is 5.56 Å². The molecule has 0 saturated carbocycles. The SMILES string of the molecule is O=C(Nc1ccc(C(=O)N2CCC(C(=O)O)CC2)cc1)c1cccc2c1CCC2. The van der Waals surface area contributed by atoms with E-state index in [2.05, 4.69) is 11.4 Å². The van der Waals surface area contributed by atoms with Crippen molar-refractivity contribution < 1.29 is 19.5 Å². The van der Waals surface area contributed by atoms with E-state index in [-0.39, 0.29) is 17.7 Å². The van der Waals surface area contributed by atoms with Crippen LogP contribution in [0.1, 0.15) is 51.1 Å². The molecule has 0 spiro atoms. The molecule has 6 nitrogen and oxygen atoms in total. The summed E-state index contributed by atoms with van der Waals surface area (Å²) in [6.07, 6.45) is 4.01. The van der Waals surface area contributed by atoms with Gasteiger partial charge in [0.15, 0.2) is 0 Å². The highest BCUT2D eigenvalue weighted by atomic mass is 16.4. The summed E-state index contributed by atoms with van der Waals surface area (Å²) >= 11 is 0. The molecule has 4 rings (SSSR count). The standard InChI is InChI=1S/C23H24N2O4/c26-21(20-6-2-4-15-3-1-5-19(15)20)24-18-9-7-16(8-10-18)22(27)25-13-11-17(12-14-25)23(28)29/h2,4,6-10,17H,1,3,5,11-14H2,(H,24,26)(H,28,29). The number of rotatable bonds is 4. The van der Waals surface area contributed by atoms with Crippen molar-refractivity contribution in [2.45, 2.75) is 32.1 Å². The summed E-state index contributed by atoms with van der Waals surface area (Å²) in [5.74, 6) is -1.39. The van der Waals surface area contributed by atoms with E-state index < -0.39 is 5.97 Å². The van der Waals surface area contributed by atoms with E-state index in [0.29, 0.717) is 37.2 Å². The van der Waals surface area contributed by atoms with Crippen molar-refractivity contribution in [1.29, 1.82) is 0 Å². The highest BCUT2D eigenvalue weighted by Crippen LogP contribution is 2.26. The molecule has 0 unspecified atom stereocenters. The lowest BCUT2D eigenvalue weighted by molar-refractivity contribution is -0.143. The average Bonchev–Trinajstić information content (AvgIpc) is 3.22. The van der Waals surface area contributed by atoms with Crippen LogP contribution in [0.25, 0.3) is 0 Å². The first-order valence-corrected chi connectivity index (χ1v) is 10.1. The summed E-state index contributed by atoms with van der Waals surface area (Å²) in [7, 11) is 0. The third-order valence-corrected chi connectivity index (χ3v) is 5.91. The minimum absolute atomic E-state index is 0.104. The number of piperidine rings is 1. The zero-order chi connectivity index (χ0) is 20.4. The number of carboxylic acids is 1. The summed E-state index contributed by atoms with van der Waals surface area (Å²) in [4.78, 5) is 38.1. The van der Waals surface area contributed by atoms with E-state index in [9.17, 15) is 14.4 Å². The van der Waals surface area contributed by atoms with Gasteiger partial charge in [-0.2, -0.15) is 0 Å². The van der Waals surface area contributed by atoms with E-state index in [0.717, 1.165) is 30.4 Å². The van der Waals surface area contributed by atoms with Crippen molar-refractivity contribution in [2.75, 3.05) is 18.4 Å². The Bertz CT molecular complexity index is 944. The van der Waals surface area contributed by atoms with E-state index >= 15 is 0 Å². The van der Waals surface area contributed by atoms with Crippen LogP contribution in [0.2, 0.25) is 0 Å². The highest BCUT2D eigenvalue weighted by molar-refractivity contribution is 6.06. The van der Waals surface area contributed by atoms with Gasteiger partial charge >= 0.3 is 5.97 Å². The molecule has 2 aromatic rings. The van der Waals surface area contributed by atoms with Gasteiger partial charge < -0.3 is 15.3 Å². The number of nitrogens with zero attached hydrogens (tertiary/aromatic N) is 1. The maximum atomic E-state index is 12.7. The van der Waals surface area contributed by atoms with Gasteiger partial charge in [-0.15, -0.1) is 0 Å². The number of carbonyl (C=O) groups is 3. The third-order valence-electron chi connectivity index (χ3n) is 5.91. The molecule has 1 heterocycles. The second kappa shape index (κ2) is 8.07. The van der Waals surface area contributed by atoms with Gasteiger partial charge in [0.2, 0.25) is 0 Å². The van der Waals surface area contributed by atoms with Crippen molar-refractivity contribution in [1.82, 2.24) is 4.90 Å². The summed E-state index contributed by atoms with van der Waals surface area (Å²) in [5, 5.41) is 12.0. The molecule has 1 saturated heterocycles. The molecule has 150 valence electrons. The Morgan fingerprint density at radius 1 is 0.966 bits per heavy atom. The molecule has 1 fully saturated rings. The van der Waals surface area contributed by atoms with Gasteiger partial charge in [-0.25, -0.2) is 0 Å². The predicted molar refractivity (Wildman–Crippen MR) is 109 cm³/mol. The van der Waals surface area contributed by atoms with E-state index in [1.807, 2.05) is 12.1 Å². The number of benzene rings is 2. The number of likely N-dealkylation sites (tertiary alicyclic amines) is 1. The monoisotopic (exact) mass is 392 g/mol. The Morgan fingerprint density at radius 3 is 2.38 bits per heavy atom. The molecule has 0 atom stereocenters. The molecule has 0 bridgehead atoms. The van der Waals surface area contributed by atoms with Crippen molar-refractivity contribution in [3.05, 3.63) is 64.7 Å². The van der Waals surface area contributed by atoms with Crippen molar-refractivity contribution in [2.24, 2.45) is 5.92 Å². The van der Waals surface area contributed by atoms with Gasteiger partial charge in [0.05, 0.1) is 5.92 Å². The van der Waals surface area contributed by atoms with Crippen molar-refractivity contribution in [3.8, 4) is 0 Å². The van der Waals surface area contributed by atoms with Gasteiger partial charge in [0.25, 0.3) is 11.8 Å². The van der Waals surface area contributed by atoms with Crippen LogP contribution in [-0.2, 0) is 17.6 Å². The van der Waals surface area contributed by atoms with Gasteiger partial charge in [-0.3, -0.25) is 14.4 Å². The first-order chi connectivity index (χ1) is 14.0. The average molecular weight is 392 g/mol. The predicted octanol–water partition coefficient (Wildman–Crippen LogP) is 3.36. The molecule has 1 aliphatic heterocycles. The number of amides is 2. The molecule has 2 N–H and O–H groups in total. The van der Waals surface area contributed by atoms with Gasteiger partial charge in [0, 0.05) is 29.9 Å². The Hall–Kier alpha value is -3.15. The quantitative estimate of drug-likeness (QED) is 0.835. The zero-order valence-corrected chi connectivity index (χ0v) is 16.2. The van der Waals surface area contributed by atoms with Crippen molar-refractivity contribution in [3.63, 3.8) is 0 Å². The third kappa shape index (κ3) is 4.01. The smallest absolute Gasteiger partial charge is 0.306 e. The Morgan fingerprint density at radius 2 is 1.69 bits per heavy atom. The molecular weight excluding hydrogens is 368 g/mol. The van der Waals surface area contributed by atoms with E-state index in [1.54, 1.807) is 29.2 Å². The minimum Gasteiger partial charge on any atom is -0.481 e. The van der Waals surface area contributed by atoms with Crippen LogP contribution in [0, 0.1) is 5.92 Å². The number of aliphatic carboxylic acids is 1. The number of hydrogen-bond donors (Lipinski definition) is 2. The number of aryl methyl sites for hydroxylation is 1. The van der Waals surface area contributed by atoms with E-state index in [4.69, 9.17) is 5.11 Å². The molecule has 2 amide bonds. The largest absolute Gasteiger partial charge is 0.481 e. The number of carbonyl (C=O) groups excluding carboxylic acids is 2. The fourth-order valence-electron chi connectivity index (χ4n) is 4.24. The lowest BCUT2D eigenvalue weighted by Gasteiger charge is -2.30. The fourth-order valence-corrected chi connectivity index (χ4v) is 4.24. The molecule has 1 aliphatic carbocycles. The summed E-state index contributed by atoms with van der Waals surface area (Å²) in [6.45, 7) is 0.904. The van der Waals surface area contributed by atoms with Gasteiger partial charge in [0.1, 0.15) is 0 Å². The first-order valence-electron chi connectivity index (χ1n) is 10.1. The topological polar surface area (TPSA) is 86.7 Å². The maximum Gasteiger partial charge on any atom is 0.306 e. The van der Waals surface area contributed by atoms with Gasteiger partial charge in [-0.1, -0.05) is 12.1 Å². The second-order valence-electron chi connectivity index (χ2n) is 7.73. The van der Waals surface area contributed by atoms with Crippen LogP contribution in [0.5, 0.6) is 0 Å². The number of nitrogens with one attached hydrogen (secondary N) is 1. The lowest BCUT2D eigenvalue weighted by Crippen LogP contribution is -2.40. The molecule has 2 aliphatic rings. The molecule has 0 aromatic heterocycles. The van der Waals surface area contributed by atoms with Gasteiger partial charge in [-0.05, 0) is 73.6 Å². The second-order valence-corrected chi connectivity index (χ2v) is 7.73. The minimum atomic E-state index is -0.791. The van der Waals surface area contributed by atoms with Crippen LogP contribution in [-0.4, -0.2) is 40.9 Å². The number of fused-ring (bicyclic) bond motifs is 1. The normalized spacial score (nSPS) is 16.3. The van der Waals surface area contributed by atoms with Crippen LogP contribution in [0.3, 0.4) is 0 Å². The van der Waals surface area contributed by atoms with Crippen LogP contribution in [0.15, 0.2) is 42.5 Å². The summed E-state index contributed by atoms with van der Waals surface area (Å²) in [5.41, 5.74) is 4.30. The molecule has 0 radical (unpaired) electrons. The maximum absolute atomic E-state index is 12.7. The van der Waals surface area contributed by atoms with Crippen molar-refractivity contribution >= 4 is 23.5 Å². The molecule has 29 heavy (non-hydrogen) atoms. The Labute approximate surface area is 169 Å². The Balaban J connectivity index is 1.39. The molecule has 6 heteroatoms. The highest BCUT2D eigenvalue weighted by Gasteiger charge is 2.27. The summed E-state index contributed by atoms with van der Waals surface area (Å²) < 4.78 is 0. The molecular formula is C23H24N2O4. The summed E-state index contributed by atoms with van der Waals surface area (Å²) in [6, 6.07) is 12.7. The number of carboxylic acid groups (broad SMARTS) is 1.